The van der Waals surface area contributed by atoms with Crippen LogP contribution in [0.2, 0.25) is 0 Å². The molecule has 1 aliphatic rings. The first-order chi connectivity index (χ1) is 15.4. The van der Waals surface area contributed by atoms with Crippen LogP contribution < -0.4 is 4.80 Å². The highest BCUT2D eigenvalue weighted by Gasteiger charge is 2.26. The van der Waals surface area contributed by atoms with E-state index in [1.165, 1.54) is 18.4 Å². The Labute approximate surface area is 190 Å². The Morgan fingerprint density at radius 3 is 2.38 bits per heavy atom. The lowest BCUT2D eigenvalue weighted by atomic mass is 10.1. The van der Waals surface area contributed by atoms with Gasteiger partial charge in [-0.25, -0.2) is 4.79 Å². The summed E-state index contributed by atoms with van der Waals surface area (Å²) in [4.78, 5) is 44.6. The summed E-state index contributed by atoms with van der Waals surface area (Å²) in [6.07, 6.45) is 1.49. The van der Waals surface area contributed by atoms with E-state index in [-0.39, 0.29) is 11.8 Å². The average Bonchev–Trinajstić information content (AvgIpc) is 3.10. The molecule has 2 heterocycles. The lowest BCUT2D eigenvalue weighted by Crippen LogP contribution is -2.41. The maximum atomic E-state index is 12.9. The fourth-order valence-corrected chi connectivity index (χ4v) is 4.80. The molecule has 1 saturated heterocycles. The molecule has 8 heteroatoms. The van der Waals surface area contributed by atoms with E-state index in [9.17, 15) is 14.4 Å². The highest BCUT2D eigenvalue weighted by atomic mass is 32.1. The van der Waals surface area contributed by atoms with Crippen LogP contribution in [0.3, 0.4) is 0 Å². The number of fused-ring (bicyclic) bond motifs is 1. The van der Waals surface area contributed by atoms with Crippen molar-refractivity contribution in [2.45, 2.75) is 32.7 Å². The molecule has 166 valence electrons. The van der Waals surface area contributed by atoms with Crippen LogP contribution in [-0.2, 0) is 9.53 Å². The molecule has 1 fully saturated rings. The molecule has 1 aliphatic heterocycles. The van der Waals surface area contributed by atoms with Crippen molar-refractivity contribution in [3.8, 4) is 0 Å². The molecule has 0 spiro atoms. The van der Waals surface area contributed by atoms with Crippen molar-refractivity contribution in [1.29, 1.82) is 0 Å². The van der Waals surface area contributed by atoms with Crippen LogP contribution in [0.5, 0.6) is 0 Å². The standard InChI is InChI=1S/C24H25N3O4S/c1-4-18(23(30)31-3)27-19-11-10-17(22(29)26-12-5-13-26)14-20(19)32-24(27)25-21(28)16-8-6-15(2)7-9-16/h6-11,14,18H,4-5,12-13H2,1-3H3. The molecule has 4 rings (SSSR count). The third kappa shape index (κ3) is 4.10. The third-order valence-electron chi connectivity index (χ3n) is 5.68. The maximum absolute atomic E-state index is 12.9. The molecule has 2 aromatic carbocycles. The molecular formula is C24H25N3O4S. The predicted molar refractivity (Wildman–Crippen MR) is 123 cm³/mol. The summed E-state index contributed by atoms with van der Waals surface area (Å²) in [5.74, 6) is -0.800. The smallest absolute Gasteiger partial charge is 0.328 e. The Kier molecular flexibility index (Phi) is 6.23. The van der Waals surface area contributed by atoms with Gasteiger partial charge in [-0.05, 0) is 50.1 Å². The van der Waals surface area contributed by atoms with E-state index >= 15 is 0 Å². The number of benzene rings is 2. The first-order valence-corrected chi connectivity index (χ1v) is 11.4. The summed E-state index contributed by atoms with van der Waals surface area (Å²) in [5.41, 5.74) is 2.85. The van der Waals surface area contributed by atoms with Crippen LogP contribution >= 0.6 is 11.3 Å². The predicted octanol–water partition coefficient (Wildman–Crippen LogP) is 3.72. The molecule has 0 aliphatic carbocycles. The molecule has 0 bridgehead atoms. The summed E-state index contributed by atoms with van der Waals surface area (Å²) in [6, 6.07) is 12.0. The minimum atomic E-state index is -0.629. The highest BCUT2D eigenvalue weighted by molar-refractivity contribution is 7.16. The molecule has 1 aromatic heterocycles. The van der Waals surface area contributed by atoms with Gasteiger partial charge in [0, 0.05) is 24.2 Å². The van der Waals surface area contributed by atoms with Crippen molar-refractivity contribution in [3.05, 3.63) is 64.0 Å². The van der Waals surface area contributed by atoms with Crippen LogP contribution in [0, 0.1) is 6.92 Å². The maximum Gasteiger partial charge on any atom is 0.328 e. The van der Waals surface area contributed by atoms with Crippen molar-refractivity contribution >= 4 is 39.3 Å². The van der Waals surface area contributed by atoms with Gasteiger partial charge in [0.05, 0.1) is 17.3 Å². The number of esters is 1. The molecule has 32 heavy (non-hydrogen) atoms. The lowest BCUT2D eigenvalue weighted by Gasteiger charge is -2.30. The van der Waals surface area contributed by atoms with Crippen LogP contribution in [0.4, 0.5) is 0 Å². The normalized spacial score (nSPS) is 14.8. The molecule has 3 aromatic rings. The second kappa shape index (κ2) is 9.08. The Morgan fingerprint density at radius 2 is 1.78 bits per heavy atom. The van der Waals surface area contributed by atoms with E-state index in [0.717, 1.165) is 35.3 Å². The van der Waals surface area contributed by atoms with Gasteiger partial charge >= 0.3 is 5.97 Å². The Balaban J connectivity index is 1.85. The summed E-state index contributed by atoms with van der Waals surface area (Å²) < 4.78 is 7.54. The van der Waals surface area contributed by atoms with Gasteiger partial charge in [0.15, 0.2) is 4.80 Å². The van der Waals surface area contributed by atoms with Gasteiger partial charge in [-0.3, -0.25) is 9.59 Å². The van der Waals surface area contributed by atoms with Crippen LogP contribution in [0.25, 0.3) is 10.2 Å². The minimum Gasteiger partial charge on any atom is -0.467 e. The Bertz CT molecular complexity index is 1250. The number of methoxy groups -OCH3 is 1. The van der Waals surface area contributed by atoms with E-state index in [0.29, 0.717) is 22.3 Å². The molecule has 0 radical (unpaired) electrons. The molecule has 2 amide bonds. The van der Waals surface area contributed by atoms with Crippen molar-refractivity contribution in [3.63, 3.8) is 0 Å². The van der Waals surface area contributed by atoms with Gasteiger partial charge in [0.1, 0.15) is 6.04 Å². The van der Waals surface area contributed by atoms with Gasteiger partial charge in [0.25, 0.3) is 11.8 Å². The summed E-state index contributed by atoms with van der Waals surface area (Å²) in [6.45, 7) is 5.37. The number of thiazole rings is 1. The number of nitrogens with zero attached hydrogens (tertiary/aromatic N) is 3. The van der Waals surface area contributed by atoms with Crippen molar-refractivity contribution < 1.29 is 19.1 Å². The molecule has 0 N–H and O–H groups in total. The van der Waals surface area contributed by atoms with E-state index in [4.69, 9.17) is 4.74 Å². The number of aromatic nitrogens is 1. The Hall–Kier alpha value is -3.26. The third-order valence-corrected chi connectivity index (χ3v) is 6.70. The number of amides is 2. The minimum absolute atomic E-state index is 0.00710. The van der Waals surface area contributed by atoms with Gasteiger partial charge in [0.2, 0.25) is 0 Å². The number of aryl methyl sites for hydroxylation is 1. The number of rotatable bonds is 5. The number of hydrogen-bond acceptors (Lipinski definition) is 5. The van der Waals surface area contributed by atoms with E-state index < -0.39 is 12.0 Å². The van der Waals surface area contributed by atoms with Crippen molar-refractivity contribution in [2.24, 2.45) is 4.99 Å². The van der Waals surface area contributed by atoms with Crippen LogP contribution in [-0.4, -0.2) is 47.4 Å². The number of ether oxygens (including phenoxy) is 1. The quantitative estimate of drug-likeness (QED) is 0.554. The molecule has 0 saturated carbocycles. The second-order valence-electron chi connectivity index (χ2n) is 7.81. The van der Waals surface area contributed by atoms with Crippen molar-refractivity contribution in [2.75, 3.05) is 20.2 Å². The topological polar surface area (TPSA) is 81.0 Å². The van der Waals surface area contributed by atoms with Gasteiger partial charge < -0.3 is 14.2 Å². The number of carbonyl (C=O) groups excluding carboxylic acids is 3. The molecule has 7 nitrogen and oxygen atoms in total. The zero-order chi connectivity index (χ0) is 22.8. The van der Waals surface area contributed by atoms with E-state index in [1.807, 2.05) is 38.1 Å². The number of likely N-dealkylation sites (tertiary alicyclic amines) is 1. The van der Waals surface area contributed by atoms with Crippen molar-refractivity contribution in [1.82, 2.24) is 9.47 Å². The van der Waals surface area contributed by atoms with E-state index in [2.05, 4.69) is 4.99 Å². The molecule has 1 atom stereocenters. The largest absolute Gasteiger partial charge is 0.467 e. The van der Waals surface area contributed by atoms with Gasteiger partial charge in [-0.15, -0.1) is 0 Å². The van der Waals surface area contributed by atoms with Gasteiger partial charge in [-0.2, -0.15) is 4.99 Å². The summed E-state index contributed by atoms with van der Waals surface area (Å²) in [7, 11) is 1.35. The summed E-state index contributed by atoms with van der Waals surface area (Å²) in [5, 5.41) is 0. The monoisotopic (exact) mass is 451 g/mol. The van der Waals surface area contributed by atoms with Crippen LogP contribution in [0.15, 0.2) is 47.5 Å². The lowest BCUT2D eigenvalue weighted by molar-refractivity contribution is -0.144. The highest BCUT2D eigenvalue weighted by Crippen LogP contribution is 2.26. The first-order valence-electron chi connectivity index (χ1n) is 10.6. The second-order valence-corrected chi connectivity index (χ2v) is 8.82. The summed E-state index contributed by atoms with van der Waals surface area (Å²) >= 11 is 1.29. The molecular weight excluding hydrogens is 426 g/mol. The SMILES string of the molecule is CCC(C(=O)OC)n1c(=NC(=O)c2ccc(C)cc2)sc2cc(C(=O)N3CCC3)ccc21. The van der Waals surface area contributed by atoms with Crippen LogP contribution in [0.1, 0.15) is 52.1 Å². The number of hydrogen-bond donors (Lipinski definition) is 0. The fraction of sp³-hybridized carbons (Fsp3) is 0.333. The first kappa shape index (κ1) is 22.0. The van der Waals surface area contributed by atoms with Gasteiger partial charge in [-0.1, -0.05) is 36.0 Å². The molecule has 1 unspecified atom stereocenters. The fourth-order valence-electron chi connectivity index (χ4n) is 3.70. The average molecular weight is 452 g/mol. The van der Waals surface area contributed by atoms with E-state index in [1.54, 1.807) is 27.7 Å². The zero-order valence-electron chi connectivity index (χ0n) is 18.3. The number of carbonyl (C=O) groups is 3. The Morgan fingerprint density at radius 1 is 1.09 bits per heavy atom. The zero-order valence-corrected chi connectivity index (χ0v) is 19.1.